The van der Waals surface area contributed by atoms with Gasteiger partial charge in [0.1, 0.15) is 17.1 Å². The van der Waals surface area contributed by atoms with Crippen LogP contribution in [0.2, 0.25) is 0 Å². The molecule has 0 aromatic heterocycles. The van der Waals surface area contributed by atoms with Crippen molar-refractivity contribution in [3.63, 3.8) is 0 Å². The van der Waals surface area contributed by atoms with E-state index < -0.39 is 5.97 Å². The van der Waals surface area contributed by atoms with Crippen LogP contribution in [0.3, 0.4) is 0 Å². The van der Waals surface area contributed by atoms with Crippen LogP contribution in [-0.4, -0.2) is 17.9 Å². The molecule has 0 fully saturated rings. The minimum absolute atomic E-state index is 0.0263. The highest BCUT2D eigenvalue weighted by atomic mass is 16.7. The van der Waals surface area contributed by atoms with Gasteiger partial charge < -0.3 is 14.6 Å². The number of para-hydroxylation sites is 1. The van der Waals surface area contributed by atoms with Gasteiger partial charge in [-0.25, -0.2) is 4.79 Å². The van der Waals surface area contributed by atoms with Crippen molar-refractivity contribution >= 4 is 5.97 Å². The maximum Gasteiger partial charge on any atom is 0.339 e. The number of aryl methyl sites for hydroxylation is 1. The van der Waals surface area contributed by atoms with Crippen LogP contribution < -0.4 is 9.47 Å². The van der Waals surface area contributed by atoms with Crippen LogP contribution in [0.5, 0.6) is 11.5 Å². The van der Waals surface area contributed by atoms with Crippen LogP contribution in [0, 0.1) is 0 Å². The molecule has 0 aliphatic carbocycles. The smallest absolute Gasteiger partial charge is 0.339 e. The van der Waals surface area contributed by atoms with Gasteiger partial charge in [-0.2, -0.15) is 0 Å². The minimum atomic E-state index is -1.02. The van der Waals surface area contributed by atoms with Gasteiger partial charge in [0.25, 0.3) is 0 Å². The second kappa shape index (κ2) is 8.08. The fraction of sp³-hybridized carbons (Fsp3) is 0.278. The molecule has 0 unspecified atom stereocenters. The molecular weight excluding hydrogens is 280 g/mol. The molecule has 0 saturated carbocycles. The van der Waals surface area contributed by atoms with Crippen LogP contribution >= 0.6 is 0 Å². The molecule has 1 N–H and O–H groups in total. The predicted molar refractivity (Wildman–Crippen MR) is 84.6 cm³/mol. The number of rotatable bonds is 8. The molecule has 0 radical (unpaired) electrons. The Labute approximate surface area is 130 Å². The number of carboxylic acids is 1. The number of hydrogen-bond acceptors (Lipinski definition) is 3. The molecule has 0 atom stereocenters. The summed E-state index contributed by atoms with van der Waals surface area (Å²) in [5.74, 6) is 0.00992. The number of benzene rings is 2. The van der Waals surface area contributed by atoms with E-state index >= 15 is 0 Å². The topological polar surface area (TPSA) is 55.8 Å². The van der Waals surface area contributed by atoms with Gasteiger partial charge in [0.05, 0.1) is 0 Å². The normalized spacial score (nSPS) is 10.2. The molecule has 0 heterocycles. The summed E-state index contributed by atoms with van der Waals surface area (Å²) in [5.41, 5.74) is 1.35. The zero-order chi connectivity index (χ0) is 15.8. The predicted octanol–water partition coefficient (Wildman–Crippen LogP) is 4.14. The first-order valence-electron chi connectivity index (χ1n) is 7.37. The zero-order valence-electron chi connectivity index (χ0n) is 12.6. The van der Waals surface area contributed by atoms with E-state index in [0.29, 0.717) is 5.75 Å². The highest BCUT2D eigenvalue weighted by molar-refractivity contribution is 5.90. The Hall–Kier alpha value is -2.49. The van der Waals surface area contributed by atoms with Gasteiger partial charge >= 0.3 is 5.97 Å². The third-order valence-electron chi connectivity index (χ3n) is 3.27. The average Bonchev–Trinajstić information content (AvgIpc) is 2.53. The van der Waals surface area contributed by atoms with Crippen molar-refractivity contribution in [2.45, 2.75) is 26.2 Å². The quantitative estimate of drug-likeness (QED) is 0.744. The first-order valence-corrected chi connectivity index (χ1v) is 7.37. The van der Waals surface area contributed by atoms with Crippen molar-refractivity contribution in [2.24, 2.45) is 0 Å². The molecule has 4 heteroatoms. The van der Waals surface area contributed by atoms with Crippen LogP contribution in [0.1, 0.15) is 35.7 Å². The molecule has 2 rings (SSSR count). The van der Waals surface area contributed by atoms with Gasteiger partial charge in [0.15, 0.2) is 0 Å². The summed E-state index contributed by atoms with van der Waals surface area (Å²) in [6.07, 6.45) is 3.32. The molecule has 22 heavy (non-hydrogen) atoms. The molecule has 4 nitrogen and oxygen atoms in total. The second-order valence-corrected chi connectivity index (χ2v) is 4.96. The Kier molecular flexibility index (Phi) is 5.83. The molecule has 0 amide bonds. The van der Waals surface area contributed by atoms with Crippen LogP contribution in [-0.2, 0) is 6.42 Å². The first kappa shape index (κ1) is 15.9. The first-order chi connectivity index (χ1) is 10.7. The van der Waals surface area contributed by atoms with Gasteiger partial charge in [-0.3, -0.25) is 0 Å². The van der Waals surface area contributed by atoms with Crippen LogP contribution in [0.15, 0.2) is 48.5 Å². The van der Waals surface area contributed by atoms with Gasteiger partial charge in [-0.05, 0) is 42.7 Å². The number of carbonyl (C=O) groups is 1. The molecule has 2 aromatic rings. The molecule has 2 aromatic carbocycles. The van der Waals surface area contributed by atoms with Crippen molar-refractivity contribution in [2.75, 3.05) is 6.79 Å². The summed E-state index contributed by atoms with van der Waals surface area (Å²) in [5, 5.41) is 9.08. The van der Waals surface area contributed by atoms with Crippen molar-refractivity contribution in [1.82, 2.24) is 0 Å². The van der Waals surface area contributed by atoms with E-state index in [-0.39, 0.29) is 12.4 Å². The molecule has 0 aliphatic heterocycles. The molecule has 0 spiro atoms. The minimum Gasteiger partial charge on any atom is -0.478 e. The molecule has 0 aliphatic rings. The Balaban J connectivity index is 1.93. The van der Waals surface area contributed by atoms with E-state index in [1.807, 2.05) is 18.2 Å². The maximum atomic E-state index is 11.1. The van der Waals surface area contributed by atoms with E-state index in [2.05, 4.69) is 13.0 Å². The summed E-state index contributed by atoms with van der Waals surface area (Å²) in [7, 11) is 0. The van der Waals surface area contributed by atoms with Gasteiger partial charge in [-0.1, -0.05) is 37.6 Å². The van der Waals surface area contributed by atoms with Crippen LogP contribution in [0.4, 0.5) is 0 Å². The summed E-state index contributed by atoms with van der Waals surface area (Å²) in [4.78, 5) is 11.1. The van der Waals surface area contributed by atoms with Gasteiger partial charge in [0.2, 0.25) is 6.79 Å². The largest absolute Gasteiger partial charge is 0.478 e. The van der Waals surface area contributed by atoms with Gasteiger partial charge in [0, 0.05) is 0 Å². The van der Waals surface area contributed by atoms with E-state index in [0.717, 1.165) is 25.0 Å². The Morgan fingerprint density at radius 1 is 1.09 bits per heavy atom. The maximum absolute atomic E-state index is 11.1. The fourth-order valence-corrected chi connectivity index (χ4v) is 2.10. The summed E-state index contributed by atoms with van der Waals surface area (Å²) >= 11 is 0. The van der Waals surface area contributed by atoms with E-state index in [9.17, 15) is 4.79 Å². The second-order valence-electron chi connectivity index (χ2n) is 4.96. The lowest BCUT2D eigenvalue weighted by Crippen LogP contribution is -2.09. The molecule has 0 saturated heterocycles. The zero-order valence-corrected chi connectivity index (χ0v) is 12.6. The number of aromatic carboxylic acids is 1. The van der Waals surface area contributed by atoms with Crippen molar-refractivity contribution in [3.8, 4) is 11.5 Å². The average molecular weight is 300 g/mol. The standard InChI is InChI=1S/C18H20O4/c1-2-3-7-14-8-6-9-15(12-14)21-13-22-17-11-5-4-10-16(17)18(19)20/h4-6,8-12H,2-3,7,13H2,1H3,(H,19,20). The molecule has 0 bridgehead atoms. The number of ether oxygens (including phenoxy) is 2. The Morgan fingerprint density at radius 2 is 1.91 bits per heavy atom. The number of unbranched alkanes of at least 4 members (excludes halogenated alkanes) is 1. The summed E-state index contributed by atoms with van der Waals surface area (Å²) in [6, 6.07) is 14.4. The van der Waals surface area contributed by atoms with E-state index in [4.69, 9.17) is 14.6 Å². The number of carboxylic acid groups (broad SMARTS) is 1. The fourth-order valence-electron chi connectivity index (χ4n) is 2.10. The Morgan fingerprint density at radius 3 is 2.68 bits per heavy atom. The lowest BCUT2D eigenvalue weighted by molar-refractivity contribution is 0.0682. The van der Waals surface area contributed by atoms with E-state index in [1.165, 1.54) is 11.6 Å². The van der Waals surface area contributed by atoms with Crippen molar-refractivity contribution in [1.29, 1.82) is 0 Å². The van der Waals surface area contributed by atoms with E-state index in [1.54, 1.807) is 18.2 Å². The lowest BCUT2D eigenvalue weighted by Gasteiger charge is -2.11. The van der Waals surface area contributed by atoms with Crippen molar-refractivity contribution in [3.05, 3.63) is 59.7 Å². The highest BCUT2D eigenvalue weighted by Crippen LogP contribution is 2.19. The molecule has 116 valence electrons. The lowest BCUT2D eigenvalue weighted by atomic mass is 10.1. The van der Waals surface area contributed by atoms with Gasteiger partial charge in [-0.15, -0.1) is 0 Å². The molecular formula is C18H20O4. The highest BCUT2D eigenvalue weighted by Gasteiger charge is 2.10. The number of hydrogen-bond donors (Lipinski definition) is 1. The third kappa shape index (κ3) is 4.52. The monoisotopic (exact) mass is 300 g/mol. The van der Waals surface area contributed by atoms with Crippen LogP contribution in [0.25, 0.3) is 0 Å². The summed E-state index contributed by atoms with van der Waals surface area (Å²) in [6.45, 7) is 2.13. The third-order valence-corrected chi connectivity index (χ3v) is 3.27. The van der Waals surface area contributed by atoms with Crippen molar-refractivity contribution < 1.29 is 19.4 Å². The summed E-state index contributed by atoms with van der Waals surface area (Å²) < 4.78 is 11.0. The SMILES string of the molecule is CCCCc1cccc(OCOc2ccccc2C(=O)O)c1. The Bertz CT molecular complexity index is 622.